The van der Waals surface area contributed by atoms with Crippen molar-refractivity contribution in [3.8, 4) is 5.75 Å². The smallest absolute Gasteiger partial charge is 0.262 e. The first-order valence-electron chi connectivity index (χ1n) is 6.50. The van der Waals surface area contributed by atoms with E-state index >= 15 is 0 Å². The van der Waals surface area contributed by atoms with Gasteiger partial charge in [-0.05, 0) is 43.7 Å². The standard InChI is InChI=1S/C16H17ClN2O2/c1-10-3-6-15(11(2)7-10)21-9-16(20)19-14-5-4-12(18)8-13(14)17/h3-8H,9,18H2,1-2H3,(H,19,20). The van der Waals surface area contributed by atoms with Crippen molar-refractivity contribution >= 4 is 28.9 Å². The summed E-state index contributed by atoms with van der Waals surface area (Å²) in [6, 6.07) is 10.7. The Morgan fingerprint density at radius 1 is 1.24 bits per heavy atom. The zero-order valence-corrected chi connectivity index (χ0v) is 12.7. The molecule has 4 nitrogen and oxygen atoms in total. The molecular weight excluding hydrogens is 288 g/mol. The van der Waals surface area contributed by atoms with E-state index in [0.717, 1.165) is 11.1 Å². The minimum absolute atomic E-state index is 0.0788. The summed E-state index contributed by atoms with van der Waals surface area (Å²) in [7, 11) is 0. The summed E-state index contributed by atoms with van der Waals surface area (Å²) in [4.78, 5) is 11.9. The number of nitrogen functional groups attached to an aromatic ring is 1. The Labute approximate surface area is 128 Å². The first kappa shape index (κ1) is 15.2. The molecule has 0 bridgehead atoms. The van der Waals surface area contributed by atoms with Gasteiger partial charge in [-0.1, -0.05) is 29.3 Å². The summed E-state index contributed by atoms with van der Waals surface area (Å²) >= 11 is 6.00. The van der Waals surface area contributed by atoms with Crippen molar-refractivity contribution in [2.45, 2.75) is 13.8 Å². The lowest BCUT2D eigenvalue weighted by Crippen LogP contribution is -2.20. The summed E-state index contributed by atoms with van der Waals surface area (Å²) in [5.41, 5.74) is 8.80. The predicted octanol–water partition coefficient (Wildman–Crippen LogP) is 3.56. The number of anilines is 2. The minimum atomic E-state index is -0.276. The zero-order valence-electron chi connectivity index (χ0n) is 11.9. The third kappa shape index (κ3) is 4.13. The molecule has 0 heterocycles. The Morgan fingerprint density at radius 3 is 2.67 bits per heavy atom. The molecule has 0 saturated heterocycles. The molecule has 0 unspecified atom stereocenters. The van der Waals surface area contributed by atoms with Crippen LogP contribution in [-0.2, 0) is 4.79 Å². The van der Waals surface area contributed by atoms with Crippen molar-refractivity contribution in [3.05, 3.63) is 52.5 Å². The van der Waals surface area contributed by atoms with E-state index in [1.165, 1.54) is 0 Å². The second-order valence-electron chi connectivity index (χ2n) is 4.85. The number of halogens is 1. The molecule has 5 heteroatoms. The van der Waals surface area contributed by atoms with Gasteiger partial charge >= 0.3 is 0 Å². The number of nitrogens with one attached hydrogen (secondary N) is 1. The third-order valence-electron chi connectivity index (χ3n) is 2.96. The number of hydrogen-bond acceptors (Lipinski definition) is 3. The van der Waals surface area contributed by atoms with Crippen LogP contribution in [0.1, 0.15) is 11.1 Å². The van der Waals surface area contributed by atoms with Crippen molar-refractivity contribution < 1.29 is 9.53 Å². The lowest BCUT2D eigenvalue weighted by atomic mass is 10.1. The largest absolute Gasteiger partial charge is 0.483 e. The fourth-order valence-electron chi connectivity index (χ4n) is 1.92. The highest BCUT2D eigenvalue weighted by atomic mass is 35.5. The van der Waals surface area contributed by atoms with Crippen LogP contribution in [0.5, 0.6) is 5.75 Å². The van der Waals surface area contributed by atoms with E-state index in [2.05, 4.69) is 5.32 Å². The molecule has 3 N–H and O–H groups in total. The predicted molar refractivity (Wildman–Crippen MR) is 85.9 cm³/mol. The number of hydrogen-bond donors (Lipinski definition) is 2. The maximum absolute atomic E-state index is 11.9. The molecule has 1 amide bonds. The number of aryl methyl sites for hydroxylation is 2. The Morgan fingerprint density at radius 2 is 2.00 bits per heavy atom. The van der Waals surface area contributed by atoms with E-state index in [1.54, 1.807) is 18.2 Å². The molecule has 0 aliphatic heterocycles. The van der Waals surface area contributed by atoms with Crippen molar-refractivity contribution in [2.75, 3.05) is 17.7 Å². The summed E-state index contributed by atoms with van der Waals surface area (Å²) in [5, 5.41) is 3.09. The number of carbonyl (C=O) groups is 1. The van der Waals surface area contributed by atoms with Crippen molar-refractivity contribution in [3.63, 3.8) is 0 Å². The molecule has 2 aromatic rings. The van der Waals surface area contributed by atoms with E-state index < -0.39 is 0 Å². The van der Waals surface area contributed by atoms with Crippen LogP contribution >= 0.6 is 11.6 Å². The summed E-state index contributed by atoms with van der Waals surface area (Å²) < 4.78 is 5.51. The monoisotopic (exact) mass is 304 g/mol. The van der Waals surface area contributed by atoms with Crippen LogP contribution in [0.2, 0.25) is 5.02 Å². The zero-order chi connectivity index (χ0) is 15.4. The topological polar surface area (TPSA) is 64.3 Å². The van der Waals surface area contributed by atoms with Gasteiger partial charge in [-0.25, -0.2) is 0 Å². The van der Waals surface area contributed by atoms with E-state index in [9.17, 15) is 4.79 Å². The van der Waals surface area contributed by atoms with Crippen LogP contribution in [0.25, 0.3) is 0 Å². The van der Waals surface area contributed by atoms with Crippen molar-refractivity contribution in [1.82, 2.24) is 0 Å². The molecule has 21 heavy (non-hydrogen) atoms. The first-order chi connectivity index (χ1) is 9.95. The lowest BCUT2D eigenvalue weighted by Gasteiger charge is -2.11. The Kier molecular flexibility index (Phi) is 4.70. The fraction of sp³-hybridized carbons (Fsp3) is 0.188. The number of carbonyl (C=O) groups excluding carboxylic acids is 1. The van der Waals surface area contributed by atoms with E-state index in [-0.39, 0.29) is 12.5 Å². The van der Waals surface area contributed by atoms with Crippen LogP contribution in [0.4, 0.5) is 11.4 Å². The van der Waals surface area contributed by atoms with Crippen LogP contribution in [0.15, 0.2) is 36.4 Å². The van der Waals surface area contributed by atoms with Crippen LogP contribution in [0.3, 0.4) is 0 Å². The van der Waals surface area contributed by atoms with Crippen LogP contribution in [-0.4, -0.2) is 12.5 Å². The summed E-state index contributed by atoms with van der Waals surface area (Å²) in [5.74, 6) is 0.417. The van der Waals surface area contributed by atoms with Gasteiger partial charge in [0.1, 0.15) is 5.75 Å². The molecule has 0 aliphatic carbocycles. The molecule has 0 saturated carbocycles. The fourth-order valence-corrected chi connectivity index (χ4v) is 2.16. The van der Waals surface area contributed by atoms with Crippen molar-refractivity contribution in [1.29, 1.82) is 0 Å². The molecule has 0 aromatic heterocycles. The van der Waals surface area contributed by atoms with Gasteiger partial charge in [0, 0.05) is 5.69 Å². The van der Waals surface area contributed by atoms with E-state index in [0.29, 0.717) is 22.1 Å². The number of ether oxygens (including phenoxy) is 1. The molecule has 2 aromatic carbocycles. The third-order valence-corrected chi connectivity index (χ3v) is 3.27. The van der Waals surface area contributed by atoms with Crippen molar-refractivity contribution in [2.24, 2.45) is 0 Å². The average Bonchev–Trinajstić information content (AvgIpc) is 2.41. The highest BCUT2D eigenvalue weighted by Gasteiger charge is 2.08. The van der Waals surface area contributed by atoms with Gasteiger partial charge in [-0.2, -0.15) is 0 Å². The van der Waals surface area contributed by atoms with Gasteiger partial charge in [-0.15, -0.1) is 0 Å². The quantitative estimate of drug-likeness (QED) is 0.849. The maximum atomic E-state index is 11.9. The highest BCUT2D eigenvalue weighted by molar-refractivity contribution is 6.34. The molecule has 0 atom stereocenters. The number of benzene rings is 2. The Hall–Kier alpha value is -2.20. The van der Waals surface area contributed by atoms with Gasteiger partial charge in [0.05, 0.1) is 10.7 Å². The summed E-state index contributed by atoms with van der Waals surface area (Å²) in [6.45, 7) is 3.87. The molecule has 0 aliphatic rings. The van der Waals surface area contributed by atoms with E-state index in [1.807, 2.05) is 32.0 Å². The van der Waals surface area contributed by atoms with Gasteiger partial charge in [-0.3, -0.25) is 4.79 Å². The number of amides is 1. The molecular formula is C16H17ClN2O2. The Bertz CT molecular complexity index is 671. The molecule has 2 rings (SSSR count). The first-order valence-corrected chi connectivity index (χ1v) is 6.88. The van der Waals surface area contributed by atoms with Crippen LogP contribution in [0, 0.1) is 13.8 Å². The second-order valence-corrected chi connectivity index (χ2v) is 5.25. The molecule has 0 spiro atoms. The summed E-state index contributed by atoms with van der Waals surface area (Å²) in [6.07, 6.45) is 0. The Balaban J connectivity index is 1.96. The van der Waals surface area contributed by atoms with E-state index in [4.69, 9.17) is 22.1 Å². The van der Waals surface area contributed by atoms with Gasteiger partial charge in [0.15, 0.2) is 6.61 Å². The molecule has 0 fully saturated rings. The normalized spacial score (nSPS) is 10.2. The van der Waals surface area contributed by atoms with Gasteiger partial charge in [0.2, 0.25) is 0 Å². The maximum Gasteiger partial charge on any atom is 0.262 e. The average molecular weight is 305 g/mol. The minimum Gasteiger partial charge on any atom is -0.483 e. The lowest BCUT2D eigenvalue weighted by molar-refractivity contribution is -0.118. The number of nitrogens with two attached hydrogens (primary N) is 1. The SMILES string of the molecule is Cc1ccc(OCC(=O)Nc2ccc(N)cc2Cl)c(C)c1. The van der Waals surface area contributed by atoms with Crippen LogP contribution < -0.4 is 15.8 Å². The number of rotatable bonds is 4. The van der Waals surface area contributed by atoms with Gasteiger partial charge in [0.25, 0.3) is 5.91 Å². The second kappa shape index (κ2) is 6.50. The molecule has 110 valence electrons. The highest BCUT2D eigenvalue weighted by Crippen LogP contribution is 2.24. The van der Waals surface area contributed by atoms with Gasteiger partial charge < -0.3 is 15.8 Å². The molecule has 0 radical (unpaired) electrons.